The number of benzene rings is 1. The lowest BCUT2D eigenvalue weighted by Crippen LogP contribution is -2.36. The highest BCUT2D eigenvalue weighted by Crippen LogP contribution is 2.35. The Morgan fingerprint density at radius 3 is 2.87 bits per heavy atom. The smallest absolute Gasteiger partial charge is 0.190 e. The second kappa shape index (κ2) is 7.25. The minimum Gasteiger partial charge on any atom is -0.358 e. The molecule has 1 atom stereocenters. The number of rotatable bonds is 4. The van der Waals surface area contributed by atoms with Crippen molar-refractivity contribution in [2.75, 3.05) is 6.54 Å². The fourth-order valence-corrected chi connectivity index (χ4v) is 3.65. The number of hydrogen-bond acceptors (Lipinski definition) is 3. The first-order chi connectivity index (χ1) is 11.2. The van der Waals surface area contributed by atoms with Crippen LogP contribution in [0.2, 0.25) is 5.02 Å². The van der Waals surface area contributed by atoms with Gasteiger partial charge in [-0.25, -0.2) is 5.01 Å². The van der Waals surface area contributed by atoms with Gasteiger partial charge in [-0.15, -0.1) is 17.9 Å². The van der Waals surface area contributed by atoms with Crippen molar-refractivity contribution in [2.45, 2.75) is 12.5 Å². The van der Waals surface area contributed by atoms with E-state index in [9.17, 15) is 0 Å². The molecule has 1 N–H and O–H groups in total. The van der Waals surface area contributed by atoms with E-state index < -0.39 is 0 Å². The lowest BCUT2D eigenvalue weighted by Gasteiger charge is -2.23. The molecular weight excluding hydrogens is 346 g/mol. The van der Waals surface area contributed by atoms with E-state index in [-0.39, 0.29) is 6.04 Å². The SMILES string of the molecule is C=CCNC(=S)N1N=C(c2ccc(Cl)cc2)CC1c1cccs1. The van der Waals surface area contributed by atoms with E-state index in [2.05, 4.69) is 29.4 Å². The molecule has 1 aliphatic rings. The maximum absolute atomic E-state index is 5.98. The van der Waals surface area contributed by atoms with Crippen molar-refractivity contribution in [3.05, 3.63) is 69.9 Å². The number of thiocarbonyl (C=S) groups is 1. The number of nitrogens with zero attached hydrogens (tertiary/aromatic N) is 2. The van der Waals surface area contributed by atoms with E-state index in [1.807, 2.05) is 29.3 Å². The van der Waals surface area contributed by atoms with Crippen LogP contribution in [-0.2, 0) is 0 Å². The molecule has 23 heavy (non-hydrogen) atoms. The lowest BCUT2D eigenvalue weighted by atomic mass is 10.0. The molecule has 0 radical (unpaired) electrons. The summed E-state index contributed by atoms with van der Waals surface area (Å²) < 4.78 is 0. The van der Waals surface area contributed by atoms with Gasteiger partial charge in [-0.1, -0.05) is 35.9 Å². The fraction of sp³-hybridized carbons (Fsp3) is 0.176. The van der Waals surface area contributed by atoms with Crippen molar-refractivity contribution in [3.8, 4) is 0 Å². The quantitative estimate of drug-likeness (QED) is 0.636. The molecule has 0 fully saturated rings. The summed E-state index contributed by atoms with van der Waals surface area (Å²) in [5.41, 5.74) is 2.09. The van der Waals surface area contributed by atoms with Crippen LogP contribution in [0, 0.1) is 0 Å². The molecule has 2 aromatic rings. The van der Waals surface area contributed by atoms with Gasteiger partial charge in [-0.05, 0) is 41.4 Å². The number of hydrogen-bond donors (Lipinski definition) is 1. The Kier molecular flexibility index (Phi) is 5.10. The molecule has 0 amide bonds. The van der Waals surface area contributed by atoms with Crippen molar-refractivity contribution in [1.82, 2.24) is 10.3 Å². The topological polar surface area (TPSA) is 27.6 Å². The standard InChI is InChI=1S/C17H16ClN3S2/c1-2-9-19-17(22)21-15(16-4-3-10-23-16)11-14(20-21)12-5-7-13(18)8-6-12/h2-8,10,15H,1,9,11H2,(H,19,22). The van der Waals surface area contributed by atoms with Crippen molar-refractivity contribution < 1.29 is 0 Å². The van der Waals surface area contributed by atoms with Crippen LogP contribution >= 0.6 is 35.2 Å². The second-order valence-electron chi connectivity index (χ2n) is 5.11. The fourth-order valence-electron chi connectivity index (χ4n) is 2.46. The van der Waals surface area contributed by atoms with Gasteiger partial charge >= 0.3 is 0 Å². The third-order valence-electron chi connectivity index (χ3n) is 3.57. The molecule has 6 heteroatoms. The van der Waals surface area contributed by atoms with Gasteiger partial charge in [-0.3, -0.25) is 0 Å². The third-order valence-corrected chi connectivity index (χ3v) is 5.12. The molecule has 3 nitrogen and oxygen atoms in total. The number of thiophene rings is 1. The Bertz CT molecular complexity index is 723. The Balaban J connectivity index is 1.88. The Labute approximate surface area is 150 Å². The first kappa shape index (κ1) is 16.2. The Morgan fingerprint density at radius 2 is 2.22 bits per heavy atom. The molecule has 1 aromatic heterocycles. The summed E-state index contributed by atoms with van der Waals surface area (Å²) in [5.74, 6) is 0. The van der Waals surface area contributed by atoms with Crippen LogP contribution in [0.15, 0.2) is 59.5 Å². The predicted octanol–water partition coefficient (Wildman–Crippen LogP) is 4.61. The van der Waals surface area contributed by atoms with Crippen molar-refractivity contribution >= 4 is 46.0 Å². The molecule has 1 aliphatic heterocycles. The van der Waals surface area contributed by atoms with Crippen LogP contribution in [0.4, 0.5) is 0 Å². The van der Waals surface area contributed by atoms with Crippen molar-refractivity contribution in [3.63, 3.8) is 0 Å². The Hall–Kier alpha value is -1.69. The highest BCUT2D eigenvalue weighted by molar-refractivity contribution is 7.80. The molecule has 0 aliphatic carbocycles. The van der Waals surface area contributed by atoms with Crippen LogP contribution < -0.4 is 5.32 Å². The summed E-state index contributed by atoms with van der Waals surface area (Å²) in [4.78, 5) is 1.25. The van der Waals surface area contributed by atoms with E-state index in [1.54, 1.807) is 17.4 Å². The molecule has 0 saturated heterocycles. The van der Waals surface area contributed by atoms with Gasteiger partial charge in [0, 0.05) is 22.9 Å². The molecule has 118 valence electrons. The average molecular weight is 362 g/mol. The zero-order chi connectivity index (χ0) is 16.2. The van der Waals surface area contributed by atoms with E-state index in [1.165, 1.54) is 4.88 Å². The van der Waals surface area contributed by atoms with Crippen molar-refractivity contribution in [2.24, 2.45) is 5.10 Å². The van der Waals surface area contributed by atoms with E-state index in [4.69, 9.17) is 28.9 Å². The van der Waals surface area contributed by atoms with Crippen LogP contribution in [-0.4, -0.2) is 22.4 Å². The molecule has 1 aromatic carbocycles. The molecule has 2 heterocycles. The third kappa shape index (κ3) is 3.63. The van der Waals surface area contributed by atoms with E-state index in [0.29, 0.717) is 11.7 Å². The van der Waals surface area contributed by atoms with Gasteiger partial charge in [0.25, 0.3) is 0 Å². The number of halogens is 1. The minimum absolute atomic E-state index is 0.130. The largest absolute Gasteiger partial charge is 0.358 e. The van der Waals surface area contributed by atoms with Gasteiger partial charge < -0.3 is 5.32 Å². The highest BCUT2D eigenvalue weighted by atomic mass is 35.5. The summed E-state index contributed by atoms with van der Waals surface area (Å²) >= 11 is 13.2. The monoisotopic (exact) mass is 361 g/mol. The Morgan fingerprint density at radius 1 is 1.43 bits per heavy atom. The van der Waals surface area contributed by atoms with Gasteiger partial charge in [0.05, 0.1) is 11.8 Å². The van der Waals surface area contributed by atoms with E-state index >= 15 is 0 Å². The highest BCUT2D eigenvalue weighted by Gasteiger charge is 2.31. The predicted molar refractivity (Wildman–Crippen MR) is 102 cm³/mol. The van der Waals surface area contributed by atoms with Gasteiger partial charge in [0.15, 0.2) is 5.11 Å². The van der Waals surface area contributed by atoms with Gasteiger partial charge in [-0.2, -0.15) is 5.10 Å². The summed E-state index contributed by atoms with van der Waals surface area (Å²) in [6, 6.07) is 12.1. The zero-order valence-electron chi connectivity index (χ0n) is 12.4. The normalized spacial score (nSPS) is 17.0. The number of nitrogens with one attached hydrogen (secondary N) is 1. The van der Waals surface area contributed by atoms with Crippen LogP contribution in [0.3, 0.4) is 0 Å². The van der Waals surface area contributed by atoms with Crippen LogP contribution in [0.5, 0.6) is 0 Å². The second-order valence-corrected chi connectivity index (χ2v) is 6.91. The lowest BCUT2D eigenvalue weighted by molar-refractivity contribution is 0.370. The van der Waals surface area contributed by atoms with Gasteiger partial charge in [0.1, 0.15) is 0 Å². The van der Waals surface area contributed by atoms with Gasteiger partial charge in [0.2, 0.25) is 0 Å². The molecule has 3 rings (SSSR count). The zero-order valence-corrected chi connectivity index (χ0v) is 14.8. The summed E-state index contributed by atoms with van der Waals surface area (Å²) in [6.45, 7) is 4.34. The van der Waals surface area contributed by atoms with Crippen LogP contribution in [0.25, 0.3) is 0 Å². The summed E-state index contributed by atoms with van der Waals surface area (Å²) in [7, 11) is 0. The molecular formula is C17H16ClN3S2. The minimum atomic E-state index is 0.130. The average Bonchev–Trinajstić information content (AvgIpc) is 3.22. The maximum atomic E-state index is 5.98. The maximum Gasteiger partial charge on any atom is 0.190 e. The first-order valence-electron chi connectivity index (χ1n) is 7.24. The first-order valence-corrected chi connectivity index (χ1v) is 8.90. The molecule has 0 bridgehead atoms. The summed E-state index contributed by atoms with van der Waals surface area (Å²) in [6.07, 6.45) is 2.60. The molecule has 0 spiro atoms. The number of hydrazone groups is 1. The van der Waals surface area contributed by atoms with Crippen LogP contribution in [0.1, 0.15) is 22.9 Å². The van der Waals surface area contributed by atoms with E-state index in [0.717, 1.165) is 22.7 Å². The van der Waals surface area contributed by atoms with Crippen molar-refractivity contribution in [1.29, 1.82) is 0 Å². The summed E-state index contributed by atoms with van der Waals surface area (Å²) in [5, 5.41) is 13.2. The molecule has 0 saturated carbocycles. The molecule has 1 unspecified atom stereocenters.